The Hall–Kier alpha value is -3.41. The van der Waals surface area contributed by atoms with Crippen molar-refractivity contribution in [3.63, 3.8) is 0 Å². The van der Waals surface area contributed by atoms with E-state index in [4.69, 9.17) is 21.9 Å². The summed E-state index contributed by atoms with van der Waals surface area (Å²) in [5, 5.41) is 1.13. The lowest BCUT2D eigenvalue weighted by Crippen LogP contribution is -2.04. The number of pyridine rings is 1. The normalized spacial score (nSPS) is 14.1. The maximum Gasteiger partial charge on any atom is 0.186 e. The molecule has 6 heteroatoms. The summed E-state index contributed by atoms with van der Waals surface area (Å²) in [7, 11) is 0. The Bertz CT molecular complexity index is 999. The summed E-state index contributed by atoms with van der Waals surface area (Å²) in [4.78, 5) is 7.67. The molecule has 25 heavy (non-hydrogen) atoms. The Balaban J connectivity index is 1.82. The number of aromatic amines is 1. The van der Waals surface area contributed by atoms with Crippen molar-refractivity contribution in [2.45, 2.75) is 12.8 Å². The van der Waals surface area contributed by atoms with Gasteiger partial charge in [0.1, 0.15) is 5.82 Å². The van der Waals surface area contributed by atoms with Crippen LogP contribution in [-0.4, -0.2) is 9.97 Å². The van der Waals surface area contributed by atoms with Gasteiger partial charge in [0.15, 0.2) is 5.88 Å². The molecule has 3 heterocycles. The largest absolute Gasteiger partial charge is 0.449 e. The quantitative estimate of drug-likeness (QED) is 0.550. The van der Waals surface area contributed by atoms with Crippen molar-refractivity contribution < 1.29 is 4.74 Å². The molecule has 0 amide bonds. The van der Waals surface area contributed by atoms with E-state index in [2.05, 4.69) is 9.97 Å². The lowest BCUT2D eigenvalue weighted by Gasteiger charge is -2.13. The van der Waals surface area contributed by atoms with Gasteiger partial charge < -0.3 is 26.9 Å². The van der Waals surface area contributed by atoms with Crippen molar-refractivity contribution in [3.05, 3.63) is 71.6 Å². The zero-order valence-corrected chi connectivity index (χ0v) is 13.6. The van der Waals surface area contributed by atoms with Crippen LogP contribution >= 0.6 is 0 Å². The second kappa shape index (κ2) is 5.90. The van der Waals surface area contributed by atoms with Gasteiger partial charge >= 0.3 is 0 Å². The molecule has 0 spiro atoms. The maximum absolute atomic E-state index is 5.94. The Morgan fingerprint density at radius 2 is 2.00 bits per heavy atom. The van der Waals surface area contributed by atoms with Crippen molar-refractivity contribution in [2.24, 2.45) is 5.73 Å². The molecule has 1 aromatic carbocycles. The van der Waals surface area contributed by atoms with E-state index in [1.165, 1.54) is 5.56 Å². The summed E-state index contributed by atoms with van der Waals surface area (Å²) in [6.45, 7) is 0. The number of aromatic nitrogens is 2. The van der Waals surface area contributed by atoms with Crippen LogP contribution in [-0.2, 0) is 11.2 Å². The predicted molar refractivity (Wildman–Crippen MR) is 100 cm³/mol. The van der Waals surface area contributed by atoms with Crippen LogP contribution in [0, 0.1) is 0 Å². The smallest absolute Gasteiger partial charge is 0.186 e. The third-order valence-corrected chi connectivity index (χ3v) is 4.34. The topological polar surface area (TPSA) is 116 Å². The number of hydrogen-bond donors (Lipinski definition) is 4. The highest BCUT2D eigenvalue weighted by molar-refractivity contribution is 5.91. The van der Waals surface area contributed by atoms with Crippen LogP contribution in [0.15, 0.2) is 54.7 Å². The number of anilines is 2. The van der Waals surface area contributed by atoms with Crippen molar-refractivity contribution in [2.75, 3.05) is 11.5 Å². The number of benzene rings is 1. The van der Waals surface area contributed by atoms with Crippen molar-refractivity contribution in [1.29, 1.82) is 0 Å². The van der Waals surface area contributed by atoms with Gasteiger partial charge in [-0.3, -0.25) is 0 Å². The Morgan fingerprint density at radius 3 is 2.72 bits per heavy atom. The molecular formula is C19H19N5O. The zero-order valence-electron chi connectivity index (χ0n) is 13.6. The van der Waals surface area contributed by atoms with Crippen LogP contribution in [0.1, 0.15) is 23.2 Å². The predicted octanol–water partition coefficient (Wildman–Crippen LogP) is 2.88. The molecule has 0 aliphatic carbocycles. The van der Waals surface area contributed by atoms with E-state index >= 15 is 0 Å². The van der Waals surface area contributed by atoms with Gasteiger partial charge in [-0.15, -0.1) is 0 Å². The van der Waals surface area contributed by atoms with Gasteiger partial charge in [-0.2, -0.15) is 0 Å². The molecule has 0 fully saturated rings. The van der Waals surface area contributed by atoms with E-state index in [-0.39, 0.29) is 0 Å². The summed E-state index contributed by atoms with van der Waals surface area (Å²) in [5.74, 6) is 0.938. The molecule has 1 aliphatic rings. The molecule has 4 rings (SSSR count). The standard InChI is InChI=1S/C19H19N5O/c20-13-3-4-14-15(7-11-1-5-17(21)23-9-11)19(24-16(14)8-13)12-2-6-18(22)25-10-12/h1,3-6,8-10,24H,2,7,20,22H2,(H2,21,23). The average molecular weight is 333 g/mol. The monoisotopic (exact) mass is 333 g/mol. The van der Waals surface area contributed by atoms with Gasteiger partial charge in [0.2, 0.25) is 0 Å². The maximum atomic E-state index is 5.94. The first kappa shape index (κ1) is 15.1. The van der Waals surface area contributed by atoms with Gasteiger partial charge in [0.05, 0.1) is 6.26 Å². The Labute approximate surface area is 145 Å². The molecule has 0 radical (unpaired) electrons. The Kier molecular flexibility index (Phi) is 3.57. The van der Waals surface area contributed by atoms with Crippen LogP contribution in [0.4, 0.5) is 11.5 Å². The molecular weight excluding hydrogens is 314 g/mol. The van der Waals surface area contributed by atoms with Crippen LogP contribution in [0.2, 0.25) is 0 Å². The number of H-pyrrole nitrogens is 1. The van der Waals surface area contributed by atoms with Gasteiger partial charge in [-0.1, -0.05) is 12.1 Å². The number of ether oxygens (including phenoxy) is 1. The van der Waals surface area contributed by atoms with E-state index in [0.29, 0.717) is 18.1 Å². The van der Waals surface area contributed by atoms with Gasteiger partial charge in [0, 0.05) is 46.9 Å². The van der Waals surface area contributed by atoms with Crippen molar-refractivity contribution in [3.8, 4) is 0 Å². The molecule has 0 atom stereocenters. The van der Waals surface area contributed by atoms with Crippen LogP contribution < -0.4 is 17.2 Å². The summed E-state index contributed by atoms with van der Waals surface area (Å²) < 4.78 is 5.39. The minimum atomic E-state index is 0.424. The molecule has 1 aliphatic heterocycles. The lowest BCUT2D eigenvalue weighted by molar-refractivity contribution is 0.340. The fraction of sp³-hybridized carbons (Fsp3) is 0.105. The molecule has 2 aromatic heterocycles. The fourth-order valence-corrected chi connectivity index (χ4v) is 3.08. The number of hydrogen-bond acceptors (Lipinski definition) is 5. The summed E-state index contributed by atoms with van der Waals surface area (Å²) in [5.41, 5.74) is 23.4. The van der Waals surface area contributed by atoms with Crippen molar-refractivity contribution >= 4 is 28.0 Å². The highest BCUT2D eigenvalue weighted by Crippen LogP contribution is 2.33. The summed E-state index contributed by atoms with van der Waals surface area (Å²) in [6.07, 6.45) is 6.81. The van der Waals surface area contributed by atoms with E-state index < -0.39 is 0 Å². The Morgan fingerprint density at radius 1 is 1.12 bits per heavy atom. The highest BCUT2D eigenvalue weighted by Gasteiger charge is 2.17. The second-order valence-corrected chi connectivity index (χ2v) is 6.12. The average Bonchev–Trinajstić information content (AvgIpc) is 2.95. The van der Waals surface area contributed by atoms with Crippen LogP contribution in [0.25, 0.3) is 16.5 Å². The zero-order chi connectivity index (χ0) is 17.4. The molecule has 3 aromatic rings. The minimum absolute atomic E-state index is 0.424. The summed E-state index contributed by atoms with van der Waals surface area (Å²) in [6, 6.07) is 9.70. The number of fused-ring (bicyclic) bond motifs is 1. The second-order valence-electron chi connectivity index (χ2n) is 6.12. The van der Waals surface area contributed by atoms with E-state index in [1.807, 2.05) is 36.4 Å². The number of allylic oxidation sites excluding steroid dienone is 2. The van der Waals surface area contributed by atoms with Gasteiger partial charge in [0.25, 0.3) is 0 Å². The molecule has 0 saturated carbocycles. The van der Waals surface area contributed by atoms with Gasteiger partial charge in [-0.25, -0.2) is 4.98 Å². The number of nitrogen functional groups attached to an aromatic ring is 2. The first-order chi connectivity index (χ1) is 12.1. The van der Waals surface area contributed by atoms with E-state index in [1.54, 1.807) is 12.5 Å². The van der Waals surface area contributed by atoms with E-state index in [0.717, 1.165) is 39.8 Å². The third kappa shape index (κ3) is 2.89. The van der Waals surface area contributed by atoms with Crippen LogP contribution in [0.5, 0.6) is 0 Å². The molecule has 7 N–H and O–H groups in total. The first-order valence-electron chi connectivity index (χ1n) is 8.02. The van der Waals surface area contributed by atoms with Crippen LogP contribution in [0.3, 0.4) is 0 Å². The molecule has 126 valence electrons. The fourth-order valence-electron chi connectivity index (χ4n) is 3.08. The van der Waals surface area contributed by atoms with Gasteiger partial charge in [-0.05, 0) is 35.4 Å². The molecule has 0 unspecified atom stereocenters. The third-order valence-electron chi connectivity index (χ3n) is 4.34. The number of nitrogens with one attached hydrogen (secondary N) is 1. The number of nitrogens with zero attached hydrogens (tertiary/aromatic N) is 1. The number of nitrogens with two attached hydrogens (primary N) is 3. The number of rotatable bonds is 3. The minimum Gasteiger partial charge on any atom is -0.449 e. The SMILES string of the molecule is NC1=CCC(c2[nH]c3cc(N)ccc3c2Cc2ccc(N)nc2)=CO1. The molecule has 0 bridgehead atoms. The first-order valence-corrected chi connectivity index (χ1v) is 8.02. The molecule has 0 saturated heterocycles. The lowest BCUT2D eigenvalue weighted by atomic mass is 9.98. The molecule has 6 nitrogen and oxygen atoms in total. The summed E-state index contributed by atoms with van der Waals surface area (Å²) >= 11 is 0. The highest BCUT2D eigenvalue weighted by atomic mass is 16.5. The van der Waals surface area contributed by atoms with Crippen molar-refractivity contribution in [1.82, 2.24) is 9.97 Å². The van der Waals surface area contributed by atoms with E-state index in [9.17, 15) is 0 Å².